The fourth-order valence-corrected chi connectivity index (χ4v) is 4.34. The van der Waals surface area contributed by atoms with Crippen LogP contribution in [-0.4, -0.2) is 65.2 Å². The van der Waals surface area contributed by atoms with Crippen LogP contribution in [0.25, 0.3) is 0 Å². The summed E-state index contributed by atoms with van der Waals surface area (Å²) in [6.07, 6.45) is 5.53. The Kier molecular flexibility index (Phi) is 6.51. The van der Waals surface area contributed by atoms with Crippen molar-refractivity contribution in [2.75, 3.05) is 33.2 Å². The quantitative estimate of drug-likeness (QED) is 0.655. The Morgan fingerprint density at radius 3 is 2.42 bits per heavy atom. The van der Waals surface area contributed by atoms with E-state index in [1.54, 1.807) is 6.92 Å². The van der Waals surface area contributed by atoms with Crippen molar-refractivity contribution >= 4 is 5.96 Å². The van der Waals surface area contributed by atoms with Crippen LogP contribution in [0.2, 0.25) is 0 Å². The Balaban J connectivity index is 1.43. The molecule has 1 saturated heterocycles. The molecule has 0 unspecified atom stereocenters. The summed E-state index contributed by atoms with van der Waals surface area (Å²) in [4.78, 5) is 13.7. The van der Waals surface area contributed by atoms with E-state index >= 15 is 0 Å². The van der Waals surface area contributed by atoms with Gasteiger partial charge in [-0.1, -0.05) is 19.0 Å². The molecule has 2 fully saturated rings. The molecule has 7 nitrogen and oxygen atoms in total. The van der Waals surface area contributed by atoms with E-state index in [1.165, 1.54) is 25.7 Å². The lowest BCUT2D eigenvalue weighted by Crippen LogP contribution is -2.55. The fraction of sp³-hybridized carbons (Fsp3) is 0.842. The number of aliphatic imine (C=N–C) groups is 1. The van der Waals surface area contributed by atoms with Gasteiger partial charge in [-0.05, 0) is 37.5 Å². The fourth-order valence-electron chi connectivity index (χ4n) is 4.34. The maximum atomic E-state index is 5.02. The van der Waals surface area contributed by atoms with Gasteiger partial charge in [0.25, 0.3) is 0 Å². The lowest BCUT2D eigenvalue weighted by molar-refractivity contribution is 0.0864. The molecule has 1 aromatic rings. The second-order valence-corrected chi connectivity index (χ2v) is 7.97. The van der Waals surface area contributed by atoms with E-state index in [0.717, 1.165) is 50.0 Å². The van der Waals surface area contributed by atoms with Gasteiger partial charge in [-0.3, -0.25) is 9.89 Å². The van der Waals surface area contributed by atoms with E-state index < -0.39 is 0 Å². The monoisotopic (exact) mass is 362 g/mol. The summed E-state index contributed by atoms with van der Waals surface area (Å²) in [5.41, 5.74) is 0. The highest BCUT2D eigenvalue weighted by Crippen LogP contribution is 2.32. The summed E-state index contributed by atoms with van der Waals surface area (Å²) in [7, 11) is 1.84. The van der Waals surface area contributed by atoms with Crippen LogP contribution in [0.3, 0.4) is 0 Å². The Morgan fingerprint density at radius 1 is 1.19 bits per heavy atom. The minimum absolute atomic E-state index is 0.545. The van der Waals surface area contributed by atoms with Gasteiger partial charge in [0.05, 0.1) is 6.54 Å². The van der Waals surface area contributed by atoms with Gasteiger partial charge in [0.1, 0.15) is 0 Å². The van der Waals surface area contributed by atoms with Crippen LogP contribution in [0.1, 0.15) is 51.2 Å². The second kappa shape index (κ2) is 8.84. The summed E-state index contributed by atoms with van der Waals surface area (Å²) >= 11 is 0. The molecule has 2 aliphatic rings. The maximum absolute atomic E-state index is 5.02. The number of aromatic nitrogens is 2. The normalized spacial score (nSPS) is 25.7. The van der Waals surface area contributed by atoms with Crippen LogP contribution in [0, 0.1) is 18.8 Å². The molecule has 1 saturated carbocycles. The number of hydrogen-bond acceptors (Lipinski definition) is 5. The lowest BCUT2D eigenvalue weighted by Gasteiger charge is -2.43. The summed E-state index contributed by atoms with van der Waals surface area (Å²) in [5, 5.41) is 7.28. The van der Waals surface area contributed by atoms with Crippen LogP contribution < -0.4 is 5.32 Å². The van der Waals surface area contributed by atoms with Crippen LogP contribution in [-0.2, 0) is 6.54 Å². The molecule has 0 bridgehead atoms. The van der Waals surface area contributed by atoms with E-state index in [-0.39, 0.29) is 0 Å². The predicted octanol–water partition coefficient (Wildman–Crippen LogP) is 2.29. The number of nitrogens with one attached hydrogen (secondary N) is 1. The van der Waals surface area contributed by atoms with Gasteiger partial charge in [0.15, 0.2) is 11.8 Å². The molecule has 26 heavy (non-hydrogen) atoms. The van der Waals surface area contributed by atoms with Gasteiger partial charge < -0.3 is 14.7 Å². The van der Waals surface area contributed by atoms with Crippen molar-refractivity contribution < 1.29 is 4.52 Å². The number of aryl methyl sites for hydroxylation is 1. The number of hydrogen-bond donors (Lipinski definition) is 1. The van der Waals surface area contributed by atoms with Crippen LogP contribution in [0.4, 0.5) is 0 Å². The molecule has 0 atom stereocenters. The number of nitrogens with zero attached hydrogens (tertiary/aromatic N) is 5. The average molecular weight is 363 g/mol. The highest BCUT2D eigenvalue weighted by atomic mass is 16.5. The standard InChI is InChI=1S/C19H34N6O/c1-14(2)16-5-7-17(8-6-16)24-9-11-25(12-10-24)19(20-4)21-13-18-22-15(3)26-23-18/h14,16-17H,5-13H2,1-4H3,(H,20,21). The minimum Gasteiger partial charge on any atom is -0.349 e. The molecule has 0 spiro atoms. The molecule has 146 valence electrons. The molecule has 1 N–H and O–H groups in total. The van der Waals surface area contributed by atoms with E-state index in [1.807, 2.05) is 7.05 Å². The van der Waals surface area contributed by atoms with E-state index in [2.05, 4.69) is 44.1 Å². The number of rotatable bonds is 4. The highest BCUT2D eigenvalue weighted by Gasteiger charge is 2.29. The summed E-state index contributed by atoms with van der Waals surface area (Å²) in [6.45, 7) is 11.4. The van der Waals surface area contributed by atoms with Gasteiger partial charge in [-0.15, -0.1) is 0 Å². The van der Waals surface area contributed by atoms with E-state index in [0.29, 0.717) is 18.3 Å². The molecule has 0 radical (unpaired) electrons. The van der Waals surface area contributed by atoms with Crippen molar-refractivity contribution in [1.29, 1.82) is 0 Å². The summed E-state index contributed by atoms with van der Waals surface area (Å²) in [6, 6.07) is 0.782. The van der Waals surface area contributed by atoms with E-state index in [9.17, 15) is 0 Å². The van der Waals surface area contributed by atoms with Gasteiger partial charge in [-0.25, -0.2) is 0 Å². The smallest absolute Gasteiger partial charge is 0.223 e. The summed E-state index contributed by atoms with van der Waals surface area (Å²) < 4.78 is 5.02. The van der Waals surface area contributed by atoms with Gasteiger partial charge in [0, 0.05) is 46.2 Å². The molecule has 3 rings (SSSR count). The first kappa shape index (κ1) is 19.1. The topological polar surface area (TPSA) is 69.8 Å². The van der Waals surface area contributed by atoms with Gasteiger partial charge >= 0.3 is 0 Å². The largest absolute Gasteiger partial charge is 0.349 e. The van der Waals surface area contributed by atoms with Gasteiger partial charge in [-0.2, -0.15) is 4.98 Å². The van der Waals surface area contributed by atoms with Crippen LogP contribution in [0.15, 0.2) is 9.52 Å². The van der Waals surface area contributed by atoms with Crippen LogP contribution >= 0.6 is 0 Å². The first-order chi connectivity index (χ1) is 12.6. The Bertz CT molecular complexity index is 583. The molecule has 0 aromatic carbocycles. The van der Waals surface area contributed by atoms with Crippen molar-refractivity contribution in [1.82, 2.24) is 25.3 Å². The van der Waals surface area contributed by atoms with Crippen molar-refractivity contribution in [3.63, 3.8) is 0 Å². The average Bonchev–Trinajstić information content (AvgIpc) is 3.08. The number of piperazine rings is 1. The van der Waals surface area contributed by atoms with Crippen molar-refractivity contribution in [2.24, 2.45) is 16.8 Å². The molecular weight excluding hydrogens is 328 g/mol. The third-order valence-corrected chi connectivity index (χ3v) is 6.00. The molecule has 0 amide bonds. The van der Waals surface area contributed by atoms with E-state index in [4.69, 9.17) is 4.52 Å². The zero-order valence-electron chi connectivity index (χ0n) is 16.7. The molecular formula is C19H34N6O. The molecule has 1 aliphatic carbocycles. The van der Waals surface area contributed by atoms with Gasteiger partial charge in [0.2, 0.25) is 5.89 Å². The molecule has 1 aliphatic heterocycles. The summed E-state index contributed by atoms with van der Waals surface area (Å²) in [5.74, 6) is 3.96. The van der Waals surface area contributed by atoms with Crippen molar-refractivity contribution in [3.8, 4) is 0 Å². The first-order valence-electron chi connectivity index (χ1n) is 10.1. The van der Waals surface area contributed by atoms with Crippen LogP contribution in [0.5, 0.6) is 0 Å². The first-order valence-corrected chi connectivity index (χ1v) is 10.1. The number of guanidine groups is 1. The third-order valence-electron chi connectivity index (χ3n) is 6.00. The minimum atomic E-state index is 0.545. The SMILES string of the molecule is CN=C(NCc1noc(C)n1)N1CCN(C2CCC(C(C)C)CC2)CC1. The lowest BCUT2D eigenvalue weighted by atomic mass is 9.79. The Morgan fingerprint density at radius 2 is 1.88 bits per heavy atom. The van der Waals surface area contributed by atoms with Crippen molar-refractivity contribution in [3.05, 3.63) is 11.7 Å². The molecule has 7 heteroatoms. The Labute approximate surface area is 157 Å². The second-order valence-electron chi connectivity index (χ2n) is 7.97. The maximum Gasteiger partial charge on any atom is 0.223 e. The molecule has 1 aromatic heterocycles. The predicted molar refractivity (Wildman–Crippen MR) is 103 cm³/mol. The molecule has 2 heterocycles. The highest BCUT2D eigenvalue weighted by molar-refractivity contribution is 5.79. The van der Waals surface area contributed by atoms with Crippen molar-refractivity contribution in [2.45, 2.75) is 59.0 Å². The Hall–Kier alpha value is -1.63. The third kappa shape index (κ3) is 4.75. The zero-order chi connectivity index (χ0) is 18.5. The zero-order valence-corrected chi connectivity index (χ0v) is 16.7.